The lowest BCUT2D eigenvalue weighted by Crippen LogP contribution is -2.42. The van der Waals surface area contributed by atoms with Crippen LogP contribution in [0, 0.1) is 0 Å². The van der Waals surface area contributed by atoms with Gasteiger partial charge in [-0.1, -0.05) is 11.6 Å². The molecule has 0 unspecified atom stereocenters. The fourth-order valence-corrected chi connectivity index (χ4v) is 4.13. The van der Waals surface area contributed by atoms with Crippen LogP contribution < -0.4 is 0 Å². The van der Waals surface area contributed by atoms with Gasteiger partial charge >= 0.3 is 6.09 Å². The van der Waals surface area contributed by atoms with E-state index in [1.807, 2.05) is 0 Å². The third kappa shape index (κ3) is 4.78. The maximum atomic E-state index is 12.5. The van der Waals surface area contributed by atoms with Crippen molar-refractivity contribution in [2.45, 2.75) is 50.3 Å². The van der Waals surface area contributed by atoms with Crippen LogP contribution in [-0.2, 0) is 14.6 Å². The largest absolute Gasteiger partial charge is 0.444 e. The van der Waals surface area contributed by atoms with Crippen LogP contribution in [0.2, 0.25) is 5.15 Å². The summed E-state index contributed by atoms with van der Waals surface area (Å²) in [6.07, 6.45) is 1.97. The van der Waals surface area contributed by atoms with E-state index in [1.54, 1.807) is 20.8 Å². The molecule has 0 N–H and O–H groups in total. The summed E-state index contributed by atoms with van der Waals surface area (Å²) in [7, 11) is -3.66. The fourth-order valence-electron chi connectivity index (χ4n) is 2.40. The van der Waals surface area contributed by atoms with Crippen LogP contribution in [0.25, 0.3) is 0 Å². The average Bonchev–Trinajstić information content (AvgIpc) is 2.84. The normalized spacial score (nSPS) is 19.0. The first-order chi connectivity index (χ1) is 10.6. The third-order valence-corrected chi connectivity index (χ3v) is 5.24. The molecular weight excluding hydrogens is 342 g/mol. The maximum absolute atomic E-state index is 12.5. The number of halogens is 1. The molecular formula is C14H20ClN3O4S. The number of carbonyl (C=O) groups is 1. The van der Waals surface area contributed by atoms with Crippen LogP contribution in [0.3, 0.4) is 0 Å². The molecule has 1 aliphatic rings. The lowest BCUT2D eigenvalue weighted by atomic mass is 10.2. The van der Waals surface area contributed by atoms with Gasteiger partial charge in [0.1, 0.15) is 17.1 Å². The van der Waals surface area contributed by atoms with Crippen LogP contribution >= 0.6 is 11.6 Å². The van der Waals surface area contributed by atoms with Crippen LogP contribution in [0.4, 0.5) is 4.79 Å². The molecule has 23 heavy (non-hydrogen) atoms. The summed E-state index contributed by atoms with van der Waals surface area (Å²) in [5.74, 6) is -0.209. The number of sulfone groups is 1. The van der Waals surface area contributed by atoms with E-state index in [4.69, 9.17) is 16.3 Å². The van der Waals surface area contributed by atoms with Gasteiger partial charge in [0.25, 0.3) is 0 Å². The van der Waals surface area contributed by atoms with Gasteiger partial charge in [-0.05, 0) is 33.6 Å². The molecule has 1 aromatic rings. The standard InChI is InChI=1S/C14H20ClN3O4S/c1-14(2,3)22-13(19)18-6-4-5-10(18)8-23(20,21)12-7-11(15)16-9-17-12/h7,9-10H,4-6,8H2,1-3H3/t10-/m1/s1. The second-order valence-corrected chi connectivity index (χ2v) is 8.80. The summed E-state index contributed by atoms with van der Waals surface area (Å²) >= 11 is 5.72. The van der Waals surface area contributed by atoms with E-state index in [2.05, 4.69) is 9.97 Å². The van der Waals surface area contributed by atoms with Crippen molar-refractivity contribution in [1.29, 1.82) is 0 Å². The quantitative estimate of drug-likeness (QED) is 0.767. The Balaban J connectivity index is 2.13. The van der Waals surface area contributed by atoms with Gasteiger partial charge in [-0.25, -0.2) is 23.2 Å². The number of hydrogen-bond donors (Lipinski definition) is 0. The van der Waals surface area contributed by atoms with Gasteiger partial charge in [0, 0.05) is 18.7 Å². The highest BCUT2D eigenvalue weighted by Gasteiger charge is 2.35. The van der Waals surface area contributed by atoms with Gasteiger partial charge in [-0.2, -0.15) is 0 Å². The number of aromatic nitrogens is 2. The molecule has 128 valence electrons. The first kappa shape index (κ1) is 17.9. The molecule has 0 aromatic carbocycles. The predicted molar refractivity (Wildman–Crippen MR) is 85.1 cm³/mol. The minimum atomic E-state index is -3.66. The van der Waals surface area contributed by atoms with Gasteiger partial charge in [0.05, 0.1) is 5.75 Å². The number of ether oxygens (including phenoxy) is 1. The summed E-state index contributed by atoms with van der Waals surface area (Å²) in [4.78, 5) is 21.1. The number of likely N-dealkylation sites (tertiary alicyclic amines) is 1. The lowest BCUT2D eigenvalue weighted by Gasteiger charge is -2.28. The smallest absolute Gasteiger partial charge is 0.410 e. The first-order valence-electron chi connectivity index (χ1n) is 7.28. The van der Waals surface area contributed by atoms with Crippen molar-refractivity contribution in [3.8, 4) is 0 Å². The van der Waals surface area contributed by atoms with Gasteiger partial charge in [-0.15, -0.1) is 0 Å². The number of carbonyl (C=O) groups excluding carboxylic acids is 1. The molecule has 2 heterocycles. The Morgan fingerprint density at radius 1 is 1.43 bits per heavy atom. The molecule has 0 bridgehead atoms. The van der Waals surface area contributed by atoms with Gasteiger partial charge in [0.15, 0.2) is 14.9 Å². The van der Waals surface area contributed by atoms with Crippen molar-refractivity contribution in [2.24, 2.45) is 0 Å². The molecule has 2 rings (SSSR count). The molecule has 0 radical (unpaired) electrons. The molecule has 1 fully saturated rings. The van der Waals surface area contributed by atoms with Crippen molar-refractivity contribution in [3.63, 3.8) is 0 Å². The number of rotatable bonds is 3. The molecule has 0 saturated carbocycles. The highest BCUT2D eigenvalue weighted by molar-refractivity contribution is 7.91. The summed E-state index contributed by atoms with van der Waals surface area (Å²) in [5.41, 5.74) is -0.622. The Morgan fingerprint density at radius 3 is 2.74 bits per heavy atom. The number of hydrogen-bond acceptors (Lipinski definition) is 6. The SMILES string of the molecule is CC(C)(C)OC(=O)N1CCC[C@@H]1CS(=O)(=O)c1cc(Cl)ncn1. The monoisotopic (exact) mass is 361 g/mol. The summed E-state index contributed by atoms with van der Waals surface area (Å²) < 4.78 is 30.3. The van der Waals surface area contributed by atoms with Crippen molar-refractivity contribution in [2.75, 3.05) is 12.3 Å². The molecule has 7 nitrogen and oxygen atoms in total. The molecule has 1 atom stereocenters. The van der Waals surface area contributed by atoms with Crippen molar-refractivity contribution in [1.82, 2.24) is 14.9 Å². The van der Waals surface area contributed by atoms with Gasteiger partial charge in [0.2, 0.25) is 0 Å². The Labute approximate surface area is 140 Å². The first-order valence-corrected chi connectivity index (χ1v) is 9.31. The Kier molecular flexibility index (Phi) is 5.15. The minimum Gasteiger partial charge on any atom is -0.444 e. The van der Waals surface area contributed by atoms with E-state index >= 15 is 0 Å². The summed E-state index contributed by atoms with van der Waals surface area (Å²) in [6, 6.07) is 0.785. The van der Waals surface area contributed by atoms with Gasteiger partial charge in [-0.3, -0.25) is 0 Å². The van der Waals surface area contributed by atoms with E-state index in [1.165, 1.54) is 11.0 Å². The molecule has 9 heteroatoms. The van der Waals surface area contributed by atoms with Crippen molar-refractivity contribution < 1.29 is 17.9 Å². The van der Waals surface area contributed by atoms with Crippen LogP contribution in [0.15, 0.2) is 17.4 Å². The zero-order chi connectivity index (χ0) is 17.3. The molecule has 0 aliphatic carbocycles. The number of amides is 1. The molecule has 1 aliphatic heterocycles. The Morgan fingerprint density at radius 2 is 2.13 bits per heavy atom. The Hall–Kier alpha value is -1.41. The average molecular weight is 362 g/mol. The number of nitrogens with zero attached hydrogens (tertiary/aromatic N) is 3. The fraction of sp³-hybridized carbons (Fsp3) is 0.643. The predicted octanol–water partition coefficient (Wildman–Crippen LogP) is 2.30. The zero-order valence-electron chi connectivity index (χ0n) is 13.3. The van der Waals surface area contributed by atoms with Crippen molar-refractivity contribution >= 4 is 27.5 Å². The summed E-state index contributed by atoms with van der Waals surface area (Å²) in [6.45, 7) is 5.81. The van der Waals surface area contributed by atoms with E-state index in [0.29, 0.717) is 13.0 Å². The molecule has 0 spiro atoms. The Bertz CT molecular complexity index is 688. The van der Waals surface area contributed by atoms with E-state index in [-0.39, 0.29) is 15.9 Å². The molecule has 1 amide bonds. The highest BCUT2D eigenvalue weighted by Crippen LogP contribution is 2.24. The van der Waals surface area contributed by atoms with Crippen LogP contribution in [-0.4, -0.2) is 53.3 Å². The topological polar surface area (TPSA) is 89.5 Å². The molecule has 1 aromatic heterocycles. The van der Waals surface area contributed by atoms with Crippen LogP contribution in [0.5, 0.6) is 0 Å². The summed E-state index contributed by atoms with van der Waals surface area (Å²) in [5, 5.41) is -0.0671. The minimum absolute atomic E-state index is 0.0639. The zero-order valence-corrected chi connectivity index (χ0v) is 14.9. The maximum Gasteiger partial charge on any atom is 0.410 e. The second-order valence-electron chi connectivity index (χ2n) is 6.43. The third-order valence-electron chi connectivity index (χ3n) is 3.34. The highest BCUT2D eigenvalue weighted by atomic mass is 35.5. The second kappa shape index (κ2) is 6.60. The van der Waals surface area contributed by atoms with Crippen molar-refractivity contribution in [3.05, 3.63) is 17.5 Å². The van der Waals surface area contributed by atoms with E-state index in [9.17, 15) is 13.2 Å². The molecule has 1 saturated heterocycles. The lowest BCUT2D eigenvalue weighted by molar-refractivity contribution is 0.0241. The van der Waals surface area contributed by atoms with E-state index < -0.39 is 27.6 Å². The van der Waals surface area contributed by atoms with E-state index in [0.717, 1.165) is 12.7 Å². The van der Waals surface area contributed by atoms with Crippen LogP contribution in [0.1, 0.15) is 33.6 Å². The van der Waals surface area contributed by atoms with Gasteiger partial charge < -0.3 is 9.64 Å².